The molecule has 0 aromatic carbocycles. The molecule has 1 N–H and O–H groups in total. The van der Waals surface area contributed by atoms with Gasteiger partial charge in [-0.25, -0.2) is 0 Å². The fraction of sp³-hybridized carbons (Fsp3) is 0.692. The second-order valence-electron chi connectivity index (χ2n) is 5.20. The number of carbonyl (C=O) groups excluding carboxylic acids is 1. The zero-order valence-electron chi connectivity index (χ0n) is 10.5. The Labute approximate surface area is 106 Å². The Morgan fingerprint density at radius 1 is 1.50 bits per heavy atom. The van der Waals surface area contributed by atoms with Gasteiger partial charge in [-0.15, -0.1) is 0 Å². The number of nitrogens with zero attached hydrogens (tertiary/aromatic N) is 1. The molecule has 2 heterocycles. The maximum atomic E-state index is 12.0. The number of hydrogen-bond acceptors (Lipinski definition) is 4. The van der Waals surface area contributed by atoms with Crippen molar-refractivity contribution in [3.05, 3.63) is 17.5 Å². The minimum Gasteiger partial charge on any atom is -0.376 e. The lowest BCUT2D eigenvalue weighted by Gasteiger charge is -2.19. The molecule has 2 atom stereocenters. The lowest BCUT2D eigenvalue weighted by molar-refractivity contribution is 0.0707. The molecule has 0 bridgehead atoms. The van der Waals surface area contributed by atoms with E-state index in [0.717, 1.165) is 38.1 Å². The first-order valence-electron chi connectivity index (χ1n) is 6.63. The third kappa shape index (κ3) is 2.41. The van der Waals surface area contributed by atoms with E-state index < -0.39 is 0 Å². The van der Waals surface area contributed by atoms with Crippen molar-refractivity contribution in [2.45, 2.75) is 50.7 Å². The summed E-state index contributed by atoms with van der Waals surface area (Å²) in [6.45, 7) is 2.76. The number of nitrogens with one attached hydrogen (secondary N) is 1. The van der Waals surface area contributed by atoms with Crippen LogP contribution < -0.4 is 5.32 Å². The number of amides is 1. The van der Waals surface area contributed by atoms with E-state index in [1.165, 1.54) is 0 Å². The van der Waals surface area contributed by atoms with E-state index >= 15 is 0 Å². The zero-order valence-corrected chi connectivity index (χ0v) is 10.5. The predicted octanol–water partition coefficient (Wildman–Crippen LogP) is 1.85. The molecule has 1 aliphatic carbocycles. The molecule has 1 saturated heterocycles. The molecule has 1 aromatic rings. The first-order chi connectivity index (χ1) is 8.74. The van der Waals surface area contributed by atoms with Gasteiger partial charge in [-0.1, -0.05) is 5.16 Å². The lowest BCUT2D eigenvalue weighted by atomic mass is 10.1. The number of rotatable bonds is 4. The number of ether oxygens (including phenoxy) is 1. The number of aromatic nitrogens is 1. The van der Waals surface area contributed by atoms with E-state index in [1.807, 2.05) is 6.92 Å². The molecule has 0 unspecified atom stereocenters. The molecule has 1 aliphatic heterocycles. The summed E-state index contributed by atoms with van der Waals surface area (Å²) < 4.78 is 10.7. The molecule has 0 radical (unpaired) electrons. The quantitative estimate of drug-likeness (QED) is 0.885. The second-order valence-corrected chi connectivity index (χ2v) is 5.20. The second kappa shape index (κ2) is 4.72. The van der Waals surface area contributed by atoms with Gasteiger partial charge in [0.25, 0.3) is 5.91 Å². The van der Waals surface area contributed by atoms with Crippen LogP contribution >= 0.6 is 0 Å². The molecule has 3 rings (SSSR count). The molecule has 2 fully saturated rings. The van der Waals surface area contributed by atoms with Crippen molar-refractivity contribution in [3.8, 4) is 0 Å². The van der Waals surface area contributed by atoms with Crippen LogP contribution in [0.5, 0.6) is 0 Å². The Hall–Kier alpha value is -1.36. The van der Waals surface area contributed by atoms with Crippen molar-refractivity contribution < 1.29 is 14.1 Å². The maximum Gasteiger partial charge on any atom is 0.273 e. The minimum absolute atomic E-state index is 0.0149. The minimum atomic E-state index is -0.173. The van der Waals surface area contributed by atoms with Crippen molar-refractivity contribution in [2.24, 2.45) is 0 Å². The SMILES string of the molecule is C[C@H](NC(=O)c1cc(C2CC2)on1)[C@H]1CCCO1. The summed E-state index contributed by atoms with van der Waals surface area (Å²) in [4.78, 5) is 12.0. The largest absolute Gasteiger partial charge is 0.376 e. The highest BCUT2D eigenvalue weighted by atomic mass is 16.5. The van der Waals surface area contributed by atoms with Crippen LogP contribution in [0.1, 0.15) is 54.8 Å². The summed E-state index contributed by atoms with van der Waals surface area (Å²) in [5.41, 5.74) is 0.377. The van der Waals surface area contributed by atoms with Gasteiger partial charge in [-0.3, -0.25) is 4.79 Å². The highest BCUT2D eigenvalue weighted by molar-refractivity contribution is 5.92. The first kappa shape index (κ1) is 11.7. The van der Waals surface area contributed by atoms with E-state index in [1.54, 1.807) is 6.07 Å². The maximum absolute atomic E-state index is 12.0. The summed E-state index contributed by atoms with van der Waals surface area (Å²) in [6, 6.07) is 1.77. The van der Waals surface area contributed by atoms with Crippen molar-refractivity contribution in [1.82, 2.24) is 10.5 Å². The molecule has 18 heavy (non-hydrogen) atoms. The Bertz CT molecular complexity index is 433. The topological polar surface area (TPSA) is 64.4 Å². The zero-order chi connectivity index (χ0) is 12.5. The smallest absolute Gasteiger partial charge is 0.273 e. The summed E-state index contributed by atoms with van der Waals surface area (Å²) in [5.74, 6) is 1.15. The Balaban J connectivity index is 1.59. The summed E-state index contributed by atoms with van der Waals surface area (Å²) in [6.07, 6.45) is 4.49. The van der Waals surface area contributed by atoms with Crippen molar-refractivity contribution >= 4 is 5.91 Å². The van der Waals surface area contributed by atoms with Gasteiger partial charge in [0, 0.05) is 18.6 Å². The highest BCUT2D eigenvalue weighted by Crippen LogP contribution is 2.40. The Kier molecular flexibility index (Phi) is 3.07. The highest BCUT2D eigenvalue weighted by Gasteiger charge is 2.30. The standard InChI is InChI=1S/C13H18N2O3/c1-8(11-3-2-6-17-11)14-13(16)10-7-12(18-15-10)9-4-5-9/h7-9,11H,2-6H2,1H3,(H,14,16)/t8-,11+/m0/s1. The van der Waals surface area contributed by atoms with E-state index in [0.29, 0.717) is 11.6 Å². The van der Waals surface area contributed by atoms with Crippen LogP contribution in [0.25, 0.3) is 0 Å². The van der Waals surface area contributed by atoms with Gasteiger partial charge in [0.1, 0.15) is 5.76 Å². The molecule has 98 valence electrons. The van der Waals surface area contributed by atoms with Gasteiger partial charge in [0.2, 0.25) is 0 Å². The molecule has 1 saturated carbocycles. The first-order valence-corrected chi connectivity index (χ1v) is 6.63. The average Bonchev–Trinajstić information content (AvgIpc) is 2.91. The van der Waals surface area contributed by atoms with Crippen LogP contribution in [0, 0.1) is 0 Å². The van der Waals surface area contributed by atoms with E-state index in [9.17, 15) is 4.79 Å². The van der Waals surface area contributed by atoms with Gasteiger partial charge in [0.15, 0.2) is 5.69 Å². The van der Waals surface area contributed by atoms with Gasteiger partial charge in [0.05, 0.1) is 12.1 Å². The van der Waals surface area contributed by atoms with Crippen LogP contribution in [0.4, 0.5) is 0 Å². The van der Waals surface area contributed by atoms with Crippen LogP contribution in [-0.2, 0) is 4.74 Å². The van der Waals surface area contributed by atoms with E-state index in [4.69, 9.17) is 9.26 Å². The number of carbonyl (C=O) groups is 1. The number of hydrogen-bond donors (Lipinski definition) is 1. The molecule has 2 aliphatic rings. The van der Waals surface area contributed by atoms with E-state index in [-0.39, 0.29) is 18.1 Å². The third-order valence-corrected chi connectivity index (χ3v) is 3.62. The molecule has 1 amide bonds. The normalized spacial score (nSPS) is 25.1. The van der Waals surface area contributed by atoms with Gasteiger partial charge in [-0.05, 0) is 32.6 Å². The third-order valence-electron chi connectivity index (χ3n) is 3.62. The van der Waals surface area contributed by atoms with Crippen molar-refractivity contribution in [3.63, 3.8) is 0 Å². The lowest BCUT2D eigenvalue weighted by Crippen LogP contribution is -2.40. The monoisotopic (exact) mass is 250 g/mol. The van der Waals surface area contributed by atoms with Crippen molar-refractivity contribution in [1.29, 1.82) is 0 Å². The average molecular weight is 250 g/mol. The summed E-state index contributed by atoms with van der Waals surface area (Å²) >= 11 is 0. The van der Waals surface area contributed by atoms with Crippen LogP contribution in [-0.4, -0.2) is 29.8 Å². The molecule has 5 nitrogen and oxygen atoms in total. The Morgan fingerprint density at radius 3 is 3.00 bits per heavy atom. The van der Waals surface area contributed by atoms with Gasteiger partial charge in [-0.2, -0.15) is 0 Å². The molecule has 1 aromatic heterocycles. The Morgan fingerprint density at radius 2 is 2.33 bits per heavy atom. The van der Waals surface area contributed by atoms with Crippen LogP contribution in [0.2, 0.25) is 0 Å². The molecule has 5 heteroatoms. The fourth-order valence-electron chi connectivity index (χ4n) is 2.33. The van der Waals surface area contributed by atoms with Gasteiger partial charge >= 0.3 is 0 Å². The predicted molar refractivity (Wildman–Crippen MR) is 64.4 cm³/mol. The molecular formula is C13H18N2O3. The fourth-order valence-corrected chi connectivity index (χ4v) is 2.33. The van der Waals surface area contributed by atoms with Crippen LogP contribution in [0.15, 0.2) is 10.6 Å². The van der Waals surface area contributed by atoms with E-state index in [2.05, 4.69) is 10.5 Å². The van der Waals surface area contributed by atoms with Gasteiger partial charge < -0.3 is 14.6 Å². The summed E-state index contributed by atoms with van der Waals surface area (Å²) in [5, 5.41) is 6.75. The van der Waals surface area contributed by atoms with Crippen molar-refractivity contribution in [2.75, 3.05) is 6.61 Å². The molecule has 0 spiro atoms. The molecular weight excluding hydrogens is 232 g/mol. The van der Waals surface area contributed by atoms with Crippen LogP contribution in [0.3, 0.4) is 0 Å². The summed E-state index contributed by atoms with van der Waals surface area (Å²) in [7, 11) is 0.